The molecule has 0 aliphatic rings. The molecule has 0 bridgehead atoms. The summed E-state index contributed by atoms with van der Waals surface area (Å²) in [5.41, 5.74) is 7.78. The van der Waals surface area contributed by atoms with E-state index in [1.807, 2.05) is 43.3 Å². The highest BCUT2D eigenvalue weighted by atomic mass is 32.2. The molecule has 0 spiro atoms. The van der Waals surface area contributed by atoms with Crippen LogP contribution in [-0.4, -0.2) is 11.6 Å². The predicted octanol–water partition coefficient (Wildman–Crippen LogP) is 3.35. The first-order valence-electron chi connectivity index (χ1n) is 5.84. The van der Waals surface area contributed by atoms with Crippen molar-refractivity contribution in [1.29, 1.82) is 0 Å². The van der Waals surface area contributed by atoms with E-state index in [1.165, 1.54) is 0 Å². The lowest BCUT2D eigenvalue weighted by Gasteiger charge is -2.08. The number of benzene rings is 1. The molecule has 18 heavy (non-hydrogen) atoms. The zero-order valence-corrected chi connectivity index (χ0v) is 11.1. The summed E-state index contributed by atoms with van der Waals surface area (Å²) < 4.78 is 5.47. The highest BCUT2D eigenvalue weighted by Crippen LogP contribution is 2.31. The van der Waals surface area contributed by atoms with E-state index in [4.69, 9.17) is 10.5 Å². The maximum Gasteiger partial charge on any atom is 0.120 e. The van der Waals surface area contributed by atoms with Crippen molar-refractivity contribution in [1.82, 2.24) is 4.98 Å². The van der Waals surface area contributed by atoms with Gasteiger partial charge in [-0.25, -0.2) is 0 Å². The summed E-state index contributed by atoms with van der Waals surface area (Å²) >= 11 is 1.67. The van der Waals surface area contributed by atoms with E-state index >= 15 is 0 Å². The average Bonchev–Trinajstić information content (AvgIpc) is 2.41. The Morgan fingerprint density at radius 1 is 1.28 bits per heavy atom. The second kappa shape index (κ2) is 6.31. The van der Waals surface area contributed by atoms with Crippen LogP contribution in [0, 0.1) is 0 Å². The number of hydrogen-bond acceptors (Lipinski definition) is 4. The summed E-state index contributed by atoms with van der Waals surface area (Å²) in [6.45, 7) is 2.63. The van der Waals surface area contributed by atoms with Crippen LogP contribution < -0.4 is 10.5 Å². The largest absolute Gasteiger partial charge is 0.494 e. The average molecular weight is 260 g/mol. The molecule has 0 saturated heterocycles. The van der Waals surface area contributed by atoms with Crippen molar-refractivity contribution < 1.29 is 4.74 Å². The second-order valence-corrected chi connectivity index (χ2v) is 4.76. The van der Waals surface area contributed by atoms with Crippen LogP contribution in [0.4, 0.5) is 5.69 Å². The molecule has 2 aromatic rings. The maximum absolute atomic E-state index is 5.95. The van der Waals surface area contributed by atoms with Gasteiger partial charge in [-0.1, -0.05) is 6.07 Å². The fraction of sp³-hybridized carbons (Fsp3) is 0.214. The van der Waals surface area contributed by atoms with Gasteiger partial charge < -0.3 is 10.5 Å². The Bertz CT molecular complexity index is 502. The van der Waals surface area contributed by atoms with Crippen molar-refractivity contribution in [3.05, 3.63) is 48.3 Å². The molecule has 2 N–H and O–H groups in total. The monoisotopic (exact) mass is 260 g/mol. The van der Waals surface area contributed by atoms with E-state index in [0.29, 0.717) is 6.61 Å². The predicted molar refractivity (Wildman–Crippen MR) is 75.8 cm³/mol. The number of pyridine rings is 1. The summed E-state index contributed by atoms with van der Waals surface area (Å²) in [6.07, 6.45) is 1.80. The minimum absolute atomic E-state index is 0.661. The first-order chi connectivity index (χ1) is 8.79. The molecule has 0 aliphatic heterocycles. The molecule has 0 atom stereocenters. The van der Waals surface area contributed by atoms with Gasteiger partial charge in [0, 0.05) is 22.5 Å². The normalized spacial score (nSPS) is 10.3. The lowest BCUT2D eigenvalue weighted by molar-refractivity contribution is 0.339. The lowest BCUT2D eigenvalue weighted by atomic mass is 10.3. The van der Waals surface area contributed by atoms with Gasteiger partial charge in [0.1, 0.15) is 5.75 Å². The summed E-state index contributed by atoms with van der Waals surface area (Å²) in [4.78, 5) is 5.32. The molecule has 0 unspecified atom stereocenters. The van der Waals surface area contributed by atoms with E-state index in [9.17, 15) is 0 Å². The summed E-state index contributed by atoms with van der Waals surface area (Å²) in [5.74, 6) is 1.66. The zero-order valence-electron chi connectivity index (χ0n) is 10.3. The molecule has 0 saturated carbocycles. The van der Waals surface area contributed by atoms with Gasteiger partial charge >= 0.3 is 0 Å². The smallest absolute Gasteiger partial charge is 0.120 e. The number of hydrogen-bond donors (Lipinski definition) is 1. The van der Waals surface area contributed by atoms with Crippen LogP contribution in [0.3, 0.4) is 0 Å². The van der Waals surface area contributed by atoms with Gasteiger partial charge in [0.2, 0.25) is 0 Å². The third kappa shape index (κ3) is 3.40. The van der Waals surface area contributed by atoms with E-state index in [1.54, 1.807) is 18.0 Å². The maximum atomic E-state index is 5.95. The van der Waals surface area contributed by atoms with Crippen molar-refractivity contribution in [2.24, 2.45) is 0 Å². The van der Waals surface area contributed by atoms with Gasteiger partial charge in [-0.3, -0.25) is 4.98 Å². The molecule has 1 aromatic carbocycles. The second-order valence-electron chi connectivity index (χ2n) is 3.74. The number of ether oxygens (including phenoxy) is 1. The number of aromatic nitrogens is 1. The van der Waals surface area contributed by atoms with Crippen molar-refractivity contribution in [3.8, 4) is 5.75 Å². The van der Waals surface area contributed by atoms with E-state index in [0.717, 1.165) is 27.8 Å². The summed E-state index contributed by atoms with van der Waals surface area (Å²) in [6, 6.07) is 11.7. The first kappa shape index (κ1) is 12.8. The fourth-order valence-corrected chi connectivity index (χ4v) is 2.44. The molecular weight excluding hydrogens is 244 g/mol. The minimum Gasteiger partial charge on any atom is -0.494 e. The van der Waals surface area contributed by atoms with Gasteiger partial charge in [-0.2, -0.15) is 0 Å². The molecule has 2 rings (SSSR count). The van der Waals surface area contributed by atoms with Gasteiger partial charge in [-0.05, 0) is 37.3 Å². The third-order valence-corrected chi connectivity index (χ3v) is 3.50. The number of thioether (sulfide) groups is 1. The molecule has 3 nitrogen and oxygen atoms in total. The molecular formula is C14H16N2OS. The molecule has 0 fully saturated rings. The molecule has 0 amide bonds. The van der Waals surface area contributed by atoms with Gasteiger partial charge in [0.15, 0.2) is 0 Å². The van der Waals surface area contributed by atoms with Gasteiger partial charge in [0.05, 0.1) is 12.3 Å². The minimum atomic E-state index is 0.661. The molecule has 94 valence electrons. The molecule has 0 radical (unpaired) electrons. The highest BCUT2D eigenvalue weighted by Gasteiger charge is 2.03. The molecule has 4 heteroatoms. The van der Waals surface area contributed by atoms with E-state index in [-0.39, 0.29) is 0 Å². The Hall–Kier alpha value is -1.68. The van der Waals surface area contributed by atoms with E-state index < -0.39 is 0 Å². The number of anilines is 1. The summed E-state index contributed by atoms with van der Waals surface area (Å²) in [5, 5.41) is 0. The van der Waals surface area contributed by atoms with Crippen LogP contribution >= 0.6 is 11.8 Å². The third-order valence-electron chi connectivity index (χ3n) is 2.40. The Morgan fingerprint density at radius 2 is 2.17 bits per heavy atom. The Balaban J connectivity index is 2.06. The van der Waals surface area contributed by atoms with Gasteiger partial charge in [-0.15, -0.1) is 11.8 Å². The Kier molecular flexibility index (Phi) is 4.47. The Labute approximate surface area is 111 Å². The van der Waals surface area contributed by atoms with Crippen LogP contribution in [0.1, 0.15) is 12.6 Å². The Morgan fingerprint density at radius 3 is 2.89 bits per heavy atom. The van der Waals surface area contributed by atoms with Crippen molar-refractivity contribution >= 4 is 17.4 Å². The number of rotatable bonds is 5. The summed E-state index contributed by atoms with van der Waals surface area (Å²) in [7, 11) is 0. The zero-order chi connectivity index (χ0) is 12.8. The van der Waals surface area contributed by atoms with Gasteiger partial charge in [0.25, 0.3) is 0 Å². The molecule has 1 heterocycles. The van der Waals surface area contributed by atoms with E-state index in [2.05, 4.69) is 4.98 Å². The first-order valence-corrected chi connectivity index (χ1v) is 6.83. The molecule has 1 aromatic heterocycles. The quantitative estimate of drug-likeness (QED) is 0.661. The van der Waals surface area contributed by atoms with Crippen LogP contribution in [-0.2, 0) is 5.75 Å². The van der Waals surface area contributed by atoms with Crippen LogP contribution in [0.25, 0.3) is 0 Å². The van der Waals surface area contributed by atoms with Crippen LogP contribution in [0.15, 0.2) is 47.5 Å². The van der Waals surface area contributed by atoms with Crippen LogP contribution in [0.2, 0.25) is 0 Å². The highest BCUT2D eigenvalue weighted by molar-refractivity contribution is 7.98. The lowest BCUT2D eigenvalue weighted by Crippen LogP contribution is -1.94. The van der Waals surface area contributed by atoms with Crippen molar-refractivity contribution in [2.75, 3.05) is 12.3 Å². The number of nitrogen functional groups attached to an aromatic ring is 1. The fourth-order valence-electron chi connectivity index (χ4n) is 1.53. The SMILES string of the molecule is CCOc1ccc(N)c(SCc2ccccn2)c1. The standard InChI is InChI=1S/C14H16N2OS/c1-2-17-12-6-7-13(15)14(9-12)18-10-11-5-3-4-8-16-11/h3-9H,2,10,15H2,1H3. The van der Waals surface area contributed by atoms with Crippen LogP contribution in [0.5, 0.6) is 5.75 Å². The van der Waals surface area contributed by atoms with Crippen molar-refractivity contribution in [2.45, 2.75) is 17.6 Å². The molecule has 0 aliphatic carbocycles. The number of nitrogens with two attached hydrogens (primary N) is 1. The topological polar surface area (TPSA) is 48.1 Å². The van der Waals surface area contributed by atoms with Crippen molar-refractivity contribution in [3.63, 3.8) is 0 Å². The number of nitrogens with zero attached hydrogens (tertiary/aromatic N) is 1.